The maximum absolute atomic E-state index is 6.32. The SMILES string of the molecule is c1ccc([C@@]2(Cn3ccnc3)OCc3ccccc32)cc1. The number of benzene rings is 2. The highest BCUT2D eigenvalue weighted by atomic mass is 16.5. The third-order valence-electron chi connectivity index (χ3n) is 4.13. The average molecular weight is 276 g/mol. The summed E-state index contributed by atoms with van der Waals surface area (Å²) >= 11 is 0. The number of hydrogen-bond donors (Lipinski definition) is 0. The van der Waals surface area contributed by atoms with Gasteiger partial charge in [-0.05, 0) is 16.7 Å². The van der Waals surface area contributed by atoms with Crippen LogP contribution in [-0.4, -0.2) is 9.55 Å². The lowest BCUT2D eigenvalue weighted by Crippen LogP contribution is -2.32. The zero-order valence-electron chi connectivity index (χ0n) is 11.6. The molecule has 0 bridgehead atoms. The molecular formula is C18H16N2O. The third kappa shape index (κ3) is 1.98. The highest BCUT2D eigenvalue weighted by Gasteiger charge is 2.41. The molecule has 1 aliphatic rings. The fraction of sp³-hybridized carbons (Fsp3) is 0.167. The van der Waals surface area contributed by atoms with Gasteiger partial charge in [-0.15, -0.1) is 0 Å². The predicted octanol–water partition coefficient (Wildman–Crippen LogP) is 3.36. The molecule has 1 aromatic heterocycles. The van der Waals surface area contributed by atoms with Gasteiger partial charge in [0.2, 0.25) is 0 Å². The van der Waals surface area contributed by atoms with E-state index < -0.39 is 5.60 Å². The van der Waals surface area contributed by atoms with E-state index in [1.807, 2.05) is 18.6 Å². The molecule has 0 spiro atoms. The van der Waals surface area contributed by atoms with Crippen molar-refractivity contribution in [3.05, 3.63) is 90.0 Å². The second kappa shape index (κ2) is 4.86. The van der Waals surface area contributed by atoms with Crippen LogP contribution in [0.4, 0.5) is 0 Å². The average Bonchev–Trinajstić information content (AvgIpc) is 3.18. The zero-order chi connectivity index (χ0) is 14.1. The van der Waals surface area contributed by atoms with Crippen molar-refractivity contribution in [2.24, 2.45) is 0 Å². The highest BCUT2D eigenvalue weighted by molar-refractivity contribution is 5.43. The predicted molar refractivity (Wildman–Crippen MR) is 80.7 cm³/mol. The maximum atomic E-state index is 6.32. The van der Waals surface area contributed by atoms with E-state index in [0.717, 1.165) is 6.54 Å². The lowest BCUT2D eigenvalue weighted by molar-refractivity contribution is -0.0180. The molecule has 3 heteroatoms. The molecule has 3 nitrogen and oxygen atoms in total. The van der Waals surface area contributed by atoms with Crippen LogP contribution in [0.3, 0.4) is 0 Å². The first-order chi connectivity index (χ1) is 10.4. The molecule has 0 saturated carbocycles. The standard InChI is InChI=1S/C18H16N2O/c1-2-7-16(8-3-1)18(13-20-11-10-19-14-20)17-9-5-4-6-15(17)12-21-18/h1-11,14H,12-13H2/t18-/m1/s1. The topological polar surface area (TPSA) is 27.1 Å². The van der Waals surface area contributed by atoms with Gasteiger partial charge in [-0.25, -0.2) is 4.98 Å². The van der Waals surface area contributed by atoms with Gasteiger partial charge in [0.15, 0.2) is 0 Å². The summed E-state index contributed by atoms with van der Waals surface area (Å²) in [4.78, 5) is 4.15. The Morgan fingerprint density at radius 2 is 1.86 bits per heavy atom. The van der Waals surface area contributed by atoms with Crippen molar-refractivity contribution in [1.82, 2.24) is 9.55 Å². The summed E-state index contributed by atoms with van der Waals surface area (Å²) in [5.41, 5.74) is 3.27. The van der Waals surface area contributed by atoms with Crippen LogP contribution < -0.4 is 0 Å². The van der Waals surface area contributed by atoms with Crippen molar-refractivity contribution in [2.45, 2.75) is 18.8 Å². The Balaban J connectivity index is 1.88. The minimum absolute atomic E-state index is 0.432. The van der Waals surface area contributed by atoms with Gasteiger partial charge >= 0.3 is 0 Å². The van der Waals surface area contributed by atoms with E-state index in [1.54, 1.807) is 6.20 Å². The number of rotatable bonds is 3. The van der Waals surface area contributed by atoms with Crippen LogP contribution in [0, 0.1) is 0 Å². The van der Waals surface area contributed by atoms with E-state index in [-0.39, 0.29) is 0 Å². The molecule has 0 radical (unpaired) electrons. The van der Waals surface area contributed by atoms with Crippen LogP contribution >= 0.6 is 0 Å². The number of nitrogens with zero attached hydrogens (tertiary/aromatic N) is 2. The van der Waals surface area contributed by atoms with Gasteiger partial charge in [0.25, 0.3) is 0 Å². The van der Waals surface area contributed by atoms with Gasteiger partial charge in [0.1, 0.15) is 5.60 Å². The number of imidazole rings is 1. The first-order valence-corrected chi connectivity index (χ1v) is 7.12. The quantitative estimate of drug-likeness (QED) is 0.733. The number of aromatic nitrogens is 2. The monoisotopic (exact) mass is 276 g/mol. The van der Waals surface area contributed by atoms with Crippen LogP contribution in [0.25, 0.3) is 0 Å². The van der Waals surface area contributed by atoms with Crippen LogP contribution in [-0.2, 0) is 23.5 Å². The fourth-order valence-electron chi connectivity index (χ4n) is 3.12. The molecular weight excluding hydrogens is 260 g/mol. The Kier molecular flexibility index (Phi) is 2.86. The van der Waals surface area contributed by atoms with E-state index in [1.165, 1.54) is 16.7 Å². The van der Waals surface area contributed by atoms with Crippen LogP contribution in [0.15, 0.2) is 73.3 Å². The Morgan fingerprint density at radius 3 is 2.67 bits per heavy atom. The minimum atomic E-state index is -0.432. The molecule has 4 rings (SSSR count). The van der Waals surface area contributed by atoms with Gasteiger partial charge in [-0.2, -0.15) is 0 Å². The van der Waals surface area contributed by atoms with E-state index in [4.69, 9.17) is 4.74 Å². The van der Waals surface area contributed by atoms with Gasteiger partial charge in [0.05, 0.1) is 19.5 Å². The molecule has 2 aromatic carbocycles. The minimum Gasteiger partial charge on any atom is -0.359 e. The van der Waals surface area contributed by atoms with Crippen LogP contribution in [0.5, 0.6) is 0 Å². The summed E-state index contributed by atoms with van der Waals surface area (Å²) in [5.74, 6) is 0. The lowest BCUT2D eigenvalue weighted by atomic mass is 9.85. The Labute approximate surface area is 123 Å². The molecule has 0 N–H and O–H groups in total. The Morgan fingerprint density at radius 1 is 1.05 bits per heavy atom. The lowest BCUT2D eigenvalue weighted by Gasteiger charge is -2.30. The van der Waals surface area contributed by atoms with Gasteiger partial charge in [-0.1, -0.05) is 54.6 Å². The molecule has 0 aliphatic carbocycles. The Hall–Kier alpha value is -2.39. The molecule has 3 aromatic rings. The van der Waals surface area contributed by atoms with Gasteiger partial charge in [-0.3, -0.25) is 0 Å². The van der Waals surface area contributed by atoms with Crippen molar-refractivity contribution in [3.8, 4) is 0 Å². The molecule has 0 fully saturated rings. The second-order valence-corrected chi connectivity index (χ2v) is 5.37. The van der Waals surface area contributed by atoms with E-state index in [0.29, 0.717) is 6.61 Å². The van der Waals surface area contributed by atoms with Crippen molar-refractivity contribution < 1.29 is 4.74 Å². The molecule has 21 heavy (non-hydrogen) atoms. The molecule has 0 unspecified atom stereocenters. The normalized spacial score (nSPS) is 20.4. The maximum Gasteiger partial charge on any atom is 0.137 e. The first-order valence-electron chi connectivity index (χ1n) is 7.12. The van der Waals surface area contributed by atoms with Crippen LogP contribution in [0.2, 0.25) is 0 Å². The molecule has 0 amide bonds. The third-order valence-corrected chi connectivity index (χ3v) is 4.13. The summed E-state index contributed by atoms with van der Waals surface area (Å²) < 4.78 is 8.40. The van der Waals surface area contributed by atoms with E-state index in [9.17, 15) is 0 Å². The van der Waals surface area contributed by atoms with Gasteiger partial charge < -0.3 is 9.30 Å². The zero-order valence-corrected chi connectivity index (χ0v) is 11.6. The van der Waals surface area contributed by atoms with E-state index in [2.05, 4.69) is 58.1 Å². The molecule has 1 aliphatic heterocycles. The molecule has 0 saturated heterocycles. The first kappa shape index (κ1) is 12.4. The fourth-order valence-corrected chi connectivity index (χ4v) is 3.12. The smallest absolute Gasteiger partial charge is 0.137 e. The van der Waals surface area contributed by atoms with E-state index >= 15 is 0 Å². The Bertz CT molecular complexity index is 737. The van der Waals surface area contributed by atoms with Crippen molar-refractivity contribution in [1.29, 1.82) is 0 Å². The van der Waals surface area contributed by atoms with Crippen molar-refractivity contribution in [3.63, 3.8) is 0 Å². The molecule has 104 valence electrons. The number of fused-ring (bicyclic) bond motifs is 1. The summed E-state index contributed by atoms with van der Waals surface area (Å²) in [5, 5.41) is 0. The summed E-state index contributed by atoms with van der Waals surface area (Å²) in [6, 6.07) is 18.9. The summed E-state index contributed by atoms with van der Waals surface area (Å²) in [6.07, 6.45) is 5.63. The number of ether oxygens (including phenoxy) is 1. The second-order valence-electron chi connectivity index (χ2n) is 5.37. The van der Waals surface area contributed by atoms with Gasteiger partial charge in [0, 0.05) is 12.4 Å². The highest BCUT2D eigenvalue weighted by Crippen LogP contribution is 2.43. The van der Waals surface area contributed by atoms with Crippen molar-refractivity contribution in [2.75, 3.05) is 0 Å². The largest absolute Gasteiger partial charge is 0.359 e. The number of hydrogen-bond acceptors (Lipinski definition) is 2. The van der Waals surface area contributed by atoms with Crippen LogP contribution in [0.1, 0.15) is 16.7 Å². The summed E-state index contributed by atoms with van der Waals surface area (Å²) in [7, 11) is 0. The van der Waals surface area contributed by atoms with Crippen molar-refractivity contribution >= 4 is 0 Å². The molecule has 1 atom stereocenters. The summed E-state index contributed by atoms with van der Waals surface area (Å²) in [6.45, 7) is 1.38. The molecule has 2 heterocycles.